The molecule has 1 aromatic heterocycles. The lowest BCUT2D eigenvalue weighted by molar-refractivity contribution is 1.31. The maximum absolute atomic E-state index is 6.53. The third-order valence-electron chi connectivity index (χ3n) is 3.46. The number of aromatic nitrogens is 1. The molecule has 100 valence electrons. The summed E-state index contributed by atoms with van der Waals surface area (Å²) in [6, 6.07) is 13.9. The lowest BCUT2D eigenvalue weighted by Gasteiger charge is -2.12. The fourth-order valence-electron chi connectivity index (χ4n) is 2.43. The summed E-state index contributed by atoms with van der Waals surface area (Å²) in [6.07, 6.45) is 0. The Balaban J connectivity index is 2.39. The van der Waals surface area contributed by atoms with E-state index in [2.05, 4.69) is 0 Å². The van der Waals surface area contributed by atoms with Gasteiger partial charge in [-0.15, -0.1) is 0 Å². The summed E-state index contributed by atoms with van der Waals surface area (Å²) in [4.78, 5) is 4.80. The molecular weight excluding hydrogens is 289 g/mol. The van der Waals surface area contributed by atoms with Crippen molar-refractivity contribution in [2.45, 2.75) is 13.8 Å². The van der Waals surface area contributed by atoms with Crippen LogP contribution in [0.3, 0.4) is 0 Å². The fourth-order valence-corrected chi connectivity index (χ4v) is 2.94. The van der Waals surface area contributed by atoms with E-state index in [1.54, 1.807) is 0 Å². The van der Waals surface area contributed by atoms with Gasteiger partial charge in [0.25, 0.3) is 0 Å². The highest BCUT2D eigenvalue weighted by Crippen LogP contribution is 2.35. The van der Waals surface area contributed by atoms with Crippen molar-refractivity contribution in [2.24, 2.45) is 0 Å². The van der Waals surface area contributed by atoms with E-state index in [1.165, 1.54) is 0 Å². The lowest BCUT2D eigenvalue weighted by Crippen LogP contribution is -1.94. The second kappa shape index (κ2) is 5.08. The number of hydrogen-bond acceptors (Lipinski definition) is 1. The van der Waals surface area contributed by atoms with Crippen LogP contribution in [0, 0.1) is 13.8 Å². The molecule has 0 aliphatic heterocycles. The van der Waals surface area contributed by atoms with E-state index >= 15 is 0 Å². The Hall–Kier alpha value is -1.57. The molecule has 1 nitrogen and oxygen atoms in total. The number of halogens is 2. The SMILES string of the molecule is Cc1c(-c2ccccc2)nc2c(C)cc(Cl)cc2c1Cl. The zero-order chi connectivity index (χ0) is 14.3. The zero-order valence-electron chi connectivity index (χ0n) is 11.2. The molecule has 0 radical (unpaired) electrons. The number of nitrogens with zero attached hydrogens (tertiary/aromatic N) is 1. The Kier molecular flexibility index (Phi) is 3.41. The molecule has 0 bridgehead atoms. The van der Waals surface area contributed by atoms with Crippen molar-refractivity contribution in [3.8, 4) is 11.3 Å². The predicted molar refractivity (Wildman–Crippen MR) is 86.7 cm³/mol. The van der Waals surface area contributed by atoms with Crippen molar-refractivity contribution in [1.29, 1.82) is 0 Å². The highest BCUT2D eigenvalue weighted by molar-refractivity contribution is 6.37. The molecule has 0 aliphatic carbocycles. The van der Waals surface area contributed by atoms with Crippen molar-refractivity contribution in [3.63, 3.8) is 0 Å². The number of pyridine rings is 1. The number of hydrogen-bond donors (Lipinski definition) is 0. The molecule has 0 amide bonds. The van der Waals surface area contributed by atoms with Crippen molar-refractivity contribution < 1.29 is 0 Å². The van der Waals surface area contributed by atoms with Crippen LogP contribution in [-0.2, 0) is 0 Å². The molecule has 3 rings (SSSR count). The number of rotatable bonds is 1. The van der Waals surface area contributed by atoms with E-state index in [-0.39, 0.29) is 0 Å². The first kappa shape index (κ1) is 13.4. The minimum atomic E-state index is 0.686. The van der Waals surface area contributed by atoms with Crippen LogP contribution in [0.25, 0.3) is 22.2 Å². The summed E-state index contributed by atoms with van der Waals surface area (Å²) in [5.41, 5.74) is 4.92. The number of benzene rings is 2. The Morgan fingerprint density at radius 3 is 2.35 bits per heavy atom. The molecule has 0 aliphatic rings. The first-order chi connectivity index (χ1) is 9.58. The molecule has 0 N–H and O–H groups in total. The topological polar surface area (TPSA) is 12.9 Å². The van der Waals surface area contributed by atoms with Gasteiger partial charge < -0.3 is 0 Å². The van der Waals surface area contributed by atoms with Crippen LogP contribution >= 0.6 is 23.2 Å². The molecule has 0 atom stereocenters. The number of fused-ring (bicyclic) bond motifs is 1. The normalized spacial score (nSPS) is 11.0. The highest BCUT2D eigenvalue weighted by Gasteiger charge is 2.13. The second-order valence-corrected chi connectivity index (χ2v) is 5.70. The molecule has 0 unspecified atom stereocenters. The molecule has 20 heavy (non-hydrogen) atoms. The summed E-state index contributed by atoms with van der Waals surface area (Å²) >= 11 is 12.6. The molecule has 3 heteroatoms. The second-order valence-electron chi connectivity index (χ2n) is 4.88. The minimum absolute atomic E-state index is 0.686. The van der Waals surface area contributed by atoms with E-state index in [9.17, 15) is 0 Å². The average Bonchev–Trinajstić information content (AvgIpc) is 2.44. The quantitative estimate of drug-likeness (QED) is 0.551. The van der Waals surface area contributed by atoms with Gasteiger partial charge in [0.15, 0.2) is 0 Å². The van der Waals surface area contributed by atoms with Gasteiger partial charge in [-0.2, -0.15) is 0 Å². The van der Waals surface area contributed by atoms with Gasteiger partial charge in [0.05, 0.1) is 16.2 Å². The van der Waals surface area contributed by atoms with Gasteiger partial charge in [0.2, 0.25) is 0 Å². The molecule has 3 aromatic rings. The summed E-state index contributed by atoms with van der Waals surface area (Å²) < 4.78 is 0. The monoisotopic (exact) mass is 301 g/mol. The van der Waals surface area contributed by atoms with E-state index < -0.39 is 0 Å². The molecule has 0 saturated heterocycles. The van der Waals surface area contributed by atoms with Gasteiger partial charge in [-0.3, -0.25) is 0 Å². The van der Waals surface area contributed by atoms with Gasteiger partial charge in [-0.1, -0.05) is 53.5 Å². The van der Waals surface area contributed by atoms with Crippen LogP contribution in [-0.4, -0.2) is 4.98 Å². The first-order valence-electron chi connectivity index (χ1n) is 6.39. The van der Waals surface area contributed by atoms with Crippen LogP contribution in [0.15, 0.2) is 42.5 Å². The largest absolute Gasteiger partial charge is 0.247 e. The van der Waals surface area contributed by atoms with E-state index in [0.29, 0.717) is 5.02 Å². The first-order valence-corrected chi connectivity index (χ1v) is 7.15. The highest BCUT2D eigenvalue weighted by atomic mass is 35.5. The molecule has 0 spiro atoms. The Morgan fingerprint density at radius 2 is 1.65 bits per heavy atom. The fraction of sp³-hybridized carbons (Fsp3) is 0.118. The Bertz CT molecular complexity index is 795. The van der Waals surface area contributed by atoms with Crippen LogP contribution < -0.4 is 0 Å². The number of aryl methyl sites for hydroxylation is 1. The zero-order valence-corrected chi connectivity index (χ0v) is 12.8. The van der Waals surface area contributed by atoms with Crippen LogP contribution in [0.2, 0.25) is 10.0 Å². The van der Waals surface area contributed by atoms with Crippen molar-refractivity contribution in [1.82, 2.24) is 4.98 Å². The summed E-state index contributed by atoms with van der Waals surface area (Å²) in [5.74, 6) is 0. The molecular formula is C17H13Cl2N. The van der Waals surface area contributed by atoms with E-state index in [4.69, 9.17) is 28.2 Å². The van der Waals surface area contributed by atoms with Crippen molar-refractivity contribution in [2.75, 3.05) is 0 Å². The minimum Gasteiger partial charge on any atom is -0.247 e. The van der Waals surface area contributed by atoms with Crippen molar-refractivity contribution in [3.05, 3.63) is 63.6 Å². The maximum atomic E-state index is 6.53. The molecule has 2 aromatic carbocycles. The predicted octanol–water partition coefficient (Wildman–Crippen LogP) is 5.83. The standard InChI is InChI=1S/C17H13Cl2N/c1-10-8-13(18)9-14-15(19)11(2)17(20-16(10)14)12-6-4-3-5-7-12/h3-9H,1-2H3. The van der Waals surface area contributed by atoms with Gasteiger partial charge in [0.1, 0.15) is 0 Å². The van der Waals surface area contributed by atoms with E-state index in [0.717, 1.165) is 38.3 Å². The van der Waals surface area contributed by atoms with Crippen LogP contribution in [0.5, 0.6) is 0 Å². The molecule has 0 saturated carbocycles. The third-order valence-corrected chi connectivity index (χ3v) is 4.16. The third kappa shape index (κ3) is 2.17. The van der Waals surface area contributed by atoms with Crippen LogP contribution in [0.1, 0.15) is 11.1 Å². The molecule has 1 heterocycles. The Morgan fingerprint density at radius 1 is 0.950 bits per heavy atom. The van der Waals surface area contributed by atoms with Gasteiger partial charge >= 0.3 is 0 Å². The van der Waals surface area contributed by atoms with Crippen molar-refractivity contribution >= 4 is 34.1 Å². The maximum Gasteiger partial charge on any atom is 0.0754 e. The van der Waals surface area contributed by atoms with Gasteiger partial charge in [0, 0.05) is 16.0 Å². The van der Waals surface area contributed by atoms with E-state index in [1.807, 2.05) is 56.3 Å². The van der Waals surface area contributed by atoms with Gasteiger partial charge in [-0.05, 0) is 37.1 Å². The van der Waals surface area contributed by atoms with Crippen LogP contribution in [0.4, 0.5) is 0 Å². The van der Waals surface area contributed by atoms with Gasteiger partial charge in [-0.25, -0.2) is 4.98 Å². The molecule has 0 fully saturated rings. The summed E-state index contributed by atoms with van der Waals surface area (Å²) in [5, 5.41) is 2.32. The average molecular weight is 302 g/mol. The smallest absolute Gasteiger partial charge is 0.0754 e. The summed E-state index contributed by atoms with van der Waals surface area (Å²) in [7, 11) is 0. The Labute approximate surface area is 128 Å². The summed E-state index contributed by atoms with van der Waals surface area (Å²) in [6.45, 7) is 4.00. The lowest BCUT2D eigenvalue weighted by atomic mass is 10.0.